The lowest BCUT2D eigenvalue weighted by Gasteiger charge is -2.39. The van der Waals surface area contributed by atoms with Gasteiger partial charge in [-0.15, -0.1) is 0 Å². The Hall–Kier alpha value is 0.270. The van der Waals surface area contributed by atoms with E-state index in [-0.39, 0.29) is 0 Å². The molecule has 1 fully saturated rings. The van der Waals surface area contributed by atoms with Gasteiger partial charge in [-0.05, 0) is 37.0 Å². The molecule has 0 saturated carbocycles. The first kappa shape index (κ1) is 14.3. The molecule has 1 atom stereocenters. The van der Waals surface area contributed by atoms with Gasteiger partial charge in [0.2, 0.25) is 0 Å². The lowest BCUT2D eigenvalue weighted by atomic mass is 9.81. The standard InChI is InChI=1S/C13H27NOS/c1-4-12(2)9-14(3)10-13(11-16)5-7-15-8-6-13/h12,16H,4-11H2,1-3H3. The normalized spacial score (nSPS) is 22.3. The van der Waals surface area contributed by atoms with E-state index in [1.807, 2.05) is 0 Å². The summed E-state index contributed by atoms with van der Waals surface area (Å²) in [6.07, 6.45) is 3.60. The number of ether oxygens (including phenoxy) is 1. The van der Waals surface area contributed by atoms with Gasteiger partial charge in [0.05, 0.1) is 0 Å². The van der Waals surface area contributed by atoms with E-state index in [2.05, 4.69) is 38.4 Å². The average Bonchev–Trinajstić information content (AvgIpc) is 2.29. The van der Waals surface area contributed by atoms with Crippen molar-refractivity contribution >= 4 is 12.6 Å². The Kier molecular flexibility index (Phi) is 6.16. The summed E-state index contributed by atoms with van der Waals surface area (Å²) in [5.74, 6) is 1.78. The Morgan fingerprint density at radius 3 is 2.50 bits per heavy atom. The minimum atomic E-state index is 0.392. The molecule has 0 N–H and O–H groups in total. The lowest BCUT2D eigenvalue weighted by Crippen LogP contribution is -2.42. The number of hydrogen-bond acceptors (Lipinski definition) is 3. The van der Waals surface area contributed by atoms with Crippen molar-refractivity contribution in [1.82, 2.24) is 4.90 Å². The Bertz CT molecular complexity index is 192. The molecular formula is C13H27NOS. The molecule has 0 radical (unpaired) electrons. The van der Waals surface area contributed by atoms with Crippen LogP contribution in [0.2, 0.25) is 0 Å². The maximum atomic E-state index is 5.46. The molecule has 1 aliphatic heterocycles. The largest absolute Gasteiger partial charge is 0.381 e. The number of rotatable bonds is 6. The van der Waals surface area contributed by atoms with Gasteiger partial charge in [0.15, 0.2) is 0 Å². The van der Waals surface area contributed by atoms with E-state index in [1.165, 1.54) is 32.4 Å². The quantitative estimate of drug-likeness (QED) is 0.722. The van der Waals surface area contributed by atoms with E-state index in [1.54, 1.807) is 0 Å². The van der Waals surface area contributed by atoms with Crippen molar-refractivity contribution in [2.75, 3.05) is 39.1 Å². The summed E-state index contributed by atoms with van der Waals surface area (Å²) in [5, 5.41) is 0. The molecule has 1 heterocycles. The van der Waals surface area contributed by atoms with E-state index in [9.17, 15) is 0 Å². The fourth-order valence-electron chi connectivity index (χ4n) is 2.47. The number of hydrogen-bond donors (Lipinski definition) is 1. The van der Waals surface area contributed by atoms with Gasteiger partial charge in [-0.1, -0.05) is 20.3 Å². The van der Waals surface area contributed by atoms with Crippen LogP contribution in [0.1, 0.15) is 33.1 Å². The van der Waals surface area contributed by atoms with Gasteiger partial charge in [-0.3, -0.25) is 0 Å². The molecule has 96 valence electrons. The summed E-state index contributed by atoms with van der Waals surface area (Å²) in [6, 6.07) is 0. The van der Waals surface area contributed by atoms with Crippen molar-refractivity contribution in [2.45, 2.75) is 33.1 Å². The second kappa shape index (κ2) is 6.87. The average molecular weight is 245 g/mol. The third kappa shape index (κ3) is 4.27. The Balaban J connectivity index is 2.42. The van der Waals surface area contributed by atoms with Crippen LogP contribution in [0, 0.1) is 11.3 Å². The van der Waals surface area contributed by atoms with Gasteiger partial charge in [0, 0.05) is 26.3 Å². The van der Waals surface area contributed by atoms with Crippen molar-refractivity contribution < 1.29 is 4.74 Å². The zero-order valence-corrected chi connectivity index (χ0v) is 11.9. The molecule has 2 nitrogen and oxygen atoms in total. The molecule has 3 heteroatoms. The van der Waals surface area contributed by atoms with Crippen molar-refractivity contribution in [3.8, 4) is 0 Å². The molecule has 0 aromatic heterocycles. The van der Waals surface area contributed by atoms with E-state index in [4.69, 9.17) is 4.74 Å². The molecule has 0 bridgehead atoms. The molecule has 16 heavy (non-hydrogen) atoms. The minimum absolute atomic E-state index is 0.392. The maximum Gasteiger partial charge on any atom is 0.0472 e. The Morgan fingerprint density at radius 1 is 1.38 bits per heavy atom. The summed E-state index contributed by atoms with van der Waals surface area (Å²) in [4.78, 5) is 2.48. The molecule has 0 aliphatic carbocycles. The van der Waals surface area contributed by atoms with Crippen LogP contribution in [0.4, 0.5) is 0 Å². The third-order valence-corrected chi connectivity index (χ3v) is 4.49. The molecule has 1 aliphatic rings. The van der Waals surface area contributed by atoms with Crippen LogP contribution in [-0.4, -0.2) is 44.0 Å². The van der Waals surface area contributed by atoms with Gasteiger partial charge in [0.1, 0.15) is 0 Å². The first-order valence-electron chi connectivity index (χ1n) is 6.49. The lowest BCUT2D eigenvalue weighted by molar-refractivity contribution is 0.00994. The highest BCUT2D eigenvalue weighted by atomic mass is 32.1. The topological polar surface area (TPSA) is 12.5 Å². The van der Waals surface area contributed by atoms with Gasteiger partial charge in [-0.25, -0.2) is 0 Å². The zero-order valence-electron chi connectivity index (χ0n) is 11.0. The number of thiol groups is 1. The molecule has 1 saturated heterocycles. The Labute approximate surface area is 106 Å². The van der Waals surface area contributed by atoms with E-state index < -0.39 is 0 Å². The third-order valence-electron chi connectivity index (χ3n) is 3.81. The predicted molar refractivity (Wildman–Crippen MR) is 73.3 cm³/mol. The summed E-state index contributed by atoms with van der Waals surface area (Å²) >= 11 is 4.56. The van der Waals surface area contributed by atoms with Crippen LogP contribution >= 0.6 is 12.6 Å². The van der Waals surface area contributed by atoms with Crippen LogP contribution < -0.4 is 0 Å². The minimum Gasteiger partial charge on any atom is -0.381 e. The van der Waals surface area contributed by atoms with Crippen LogP contribution in [0.5, 0.6) is 0 Å². The van der Waals surface area contributed by atoms with Crippen molar-refractivity contribution in [2.24, 2.45) is 11.3 Å². The first-order valence-corrected chi connectivity index (χ1v) is 7.12. The SMILES string of the molecule is CCC(C)CN(C)CC1(CS)CCOCC1. The summed E-state index contributed by atoms with van der Waals surface area (Å²) in [6.45, 7) is 8.79. The van der Waals surface area contributed by atoms with Crippen LogP contribution in [0.3, 0.4) is 0 Å². The highest BCUT2D eigenvalue weighted by Gasteiger charge is 2.32. The summed E-state index contributed by atoms with van der Waals surface area (Å²) < 4.78 is 5.46. The number of nitrogens with zero attached hydrogens (tertiary/aromatic N) is 1. The van der Waals surface area contributed by atoms with Gasteiger partial charge < -0.3 is 9.64 Å². The monoisotopic (exact) mass is 245 g/mol. The summed E-state index contributed by atoms with van der Waals surface area (Å²) in [7, 11) is 2.24. The van der Waals surface area contributed by atoms with Crippen LogP contribution in [0.15, 0.2) is 0 Å². The molecule has 0 aromatic carbocycles. The zero-order chi connectivity index (χ0) is 12.0. The smallest absolute Gasteiger partial charge is 0.0472 e. The fraction of sp³-hybridized carbons (Fsp3) is 1.00. The first-order chi connectivity index (χ1) is 7.62. The molecule has 0 spiro atoms. The highest BCUT2D eigenvalue weighted by molar-refractivity contribution is 7.80. The van der Waals surface area contributed by atoms with Crippen LogP contribution in [0.25, 0.3) is 0 Å². The maximum absolute atomic E-state index is 5.46. The fourth-order valence-corrected chi connectivity index (χ4v) is 2.89. The van der Waals surface area contributed by atoms with E-state index in [0.717, 1.165) is 24.9 Å². The van der Waals surface area contributed by atoms with Crippen molar-refractivity contribution in [3.05, 3.63) is 0 Å². The van der Waals surface area contributed by atoms with Gasteiger partial charge in [-0.2, -0.15) is 12.6 Å². The second-order valence-corrected chi connectivity index (χ2v) is 5.80. The van der Waals surface area contributed by atoms with Crippen molar-refractivity contribution in [1.29, 1.82) is 0 Å². The Morgan fingerprint density at radius 2 is 2.00 bits per heavy atom. The molecule has 1 unspecified atom stereocenters. The van der Waals surface area contributed by atoms with Gasteiger partial charge >= 0.3 is 0 Å². The summed E-state index contributed by atoms with van der Waals surface area (Å²) in [5.41, 5.74) is 0.392. The van der Waals surface area contributed by atoms with Crippen molar-refractivity contribution in [3.63, 3.8) is 0 Å². The molecule has 0 amide bonds. The van der Waals surface area contributed by atoms with E-state index >= 15 is 0 Å². The molecule has 1 rings (SSSR count). The molecular weight excluding hydrogens is 218 g/mol. The second-order valence-electron chi connectivity index (χ2n) is 5.48. The highest BCUT2D eigenvalue weighted by Crippen LogP contribution is 2.32. The van der Waals surface area contributed by atoms with Gasteiger partial charge in [0.25, 0.3) is 0 Å². The van der Waals surface area contributed by atoms with Crippen LogP contribution in [-0.2, 0) is 4.74 Å². The predicted octanol–water partition coefficient (Wildman–Crippen LogP) is 2.69. The molecule has 0 aromatic rings. The van der Waals surface area contributed by atoms with E-state index in [0.29, 0.717) is 5.41 Å².